The van der Waals surface area contributed by atoms with Crippen molar-refractivity contribution >= 4 is 17.5 Å². The lowest BCUT2D eigenvalue weighted by molar-refractivity contribution is 0.195. The average Bonchev–Trinajstić information content (AvgIpc) is 2.26. The summed E-state index contributed by atoms with van der Waals surface area (Å²) in [7, 11) is 3.31. The lowest BCUT2D eigenvalue weighted by Gasteiger charge is -2.34. The zero-order valence-corrected chi connectivity index (χ0v) is 11.4. The number of rotatable bonds is 3. The summed E-state index contributed by atoms with van der Waals surface area (Å²) in [5.74, 6) is 0.534. The molecule has 18 heavy (non-hydrogen) atoms. The number of nitrogens with one attached hydrogen (secondary N) is 1. The Bertz CT molecular complexity index is 438. The highest BCUT2D eigenvalue weighted by Crippen LogP contribution is 2.35. The highest BCUT2D eigenvalue weighted by atomic mass is 16.5. The molecule has 0 aliphatic heterocycles. The monoisotopic (exact) mass is 252 g/mol. The fourth-order valence-electron chi connectivity index (χ4n) is 1.77. The van der Waals surface area contributed by atoms with Crippen molar-refractivity contribution in [2.75, 3.05) is 24.4 Å². The molecule has 0 atom stereocenters. The normalized spacial score (nSPS) is 10.9. The third-order valence-corrected chi connectivity index (χ3v) is 2.57. The van der Waals surface area contributed by atoms with Crippen LogP contribution < -0.4 is 15.0 Å². The Morgan fingerprint density at radius 1 is 1.39 bits per heavy atom. The second kappa shape index (κ2) is 5.16. The number of nitrogens with zero attached hydrogens (tertiary/aromatic N) is 1. The van der Waals surface area contributed by atoms with Gasteiger partial charge in [-0.1, -0.05) is 0 Å². The quantitative estimate of drug-likeness (QED) is 0.868. The first kappa shape index (κ1) is 14.2. The first-order valence-electron chi connectivity index (χ1n) is 5.70. The summed E-state index contributed by atoms with van der Waals surface area (Å²) in [6, 6.07) is 5.35. The molecule has 0 spiro atoms. The third kappa shape index (κ3) is 2.85. The minimum Gasteiger partial charge on any atom is -0.495 e. The van der Waals surface area contributed by atoms with Crippen LogP contribution in [0.15, 0.2) is 18.2 Å². The predicted octanol–water partition coefficient (Wildman–Crippen LogP) is 3.02. The SMILES string of the molecule is CNc1ccc(OC)c(N(C(=O)O)C(C)(C)C)c1. The van der Waals surface area contributed by atoms with Crippen LogP contribution in [0, 0.1) is 0 Å². The van der Waals surface area contributed by atoms with E-state index in [1.165, 1.54) is 12.0 Å². The molecule has 1 amide bonds. The van der Waals surface area contributed by atoms with E-state index in [9.17, 15) is 9.90 Å². The predicted molar refractivity (Wildman–Crippen MR) is 72.8 cm³/mol. The lowest BCUT2D eigenvalue weighted by atomic mass is 10.0. The second-order valence-electron chi connectivity index (χ2n) is 4.93. The first-order chi connectivity index (χ1) is 8.31. The number of hydrogen-bond acceptors (Lipinski definition) is 3. The molecule has 1 aromatic rings. The summed E-state index contributed by atoms with van der Waals surface area (Å²) in [5.41, 5.74) is 0.816. The molecule has 1 aromatic carbocycles. The Morgan fingerprint density at radius 3 is 2.39 bits per heavy atom. The molecule has 0 saturated heterocycles. The molecular weight excluding hydrogens is 232 g/mol. The van der Waals surface area contributed by atoms with Crippen LogP contribution >= 0.6 is 0 Å². The zero-order chi connectivity index (χ0) is 13.9. The van der Waals surface area contributed by atoms with Gasteiger partial charge in [-0.2, -0.15) is 0 Å². The van der Waals surface area contributed by atoms with Gasteiger partial charge in [-0.3, -0.25) is 4.90 Å². The van der Waals surface area contributed by atoms with Crippen LogP contribution in [-0.4, -0.2) is 30.9 Å². The van der Waals surface area contributed by atoms with Crippen molar-refractivity contribution in [1.82, 2.24) is 0 Å². The maximum absolute atomic E-state index is 11.5. The molecule has 0 aliphatic rings. The van der Waals surface area contributed by atoms with Crippen LogP contribution in [0.5, 0.6) is 5.75 Å². The van der Waals surface area contributed by atoms with E-state index in [2.05, 4.69) is 5.32 Å². The van der Waals surface area contributed by atoms with E-state index in [1.54, 1.807) is 19.2 Å². The van der Waals surface area contributed by atoms with Crippen molar-refractivity contribution in [2.45, 2.75) is 26.3 Å². The molecule has 0 saturated carbocycles. The number of methoxy groups -OCH3 is 1. The van der Waals surface area contributed by atoms with Crippen LogP contribution in [0.4, 0.5) is 16.2 Å². The number of hydrogen-bond donors (Lipinski definition) is 2. The molecule has 1 rings (SSSR count). The number of ether oxygens (including phenoxy) is 1. The van der Waals surface area contributed by atoms with Crippen LogP contribution in [0.2, 0.25) is 0 Å². The minimum atomic E-state index is -1.01. The van der Waals surface area contributed by atoms with Crippen molar-refractivity contribution in [1.29, 1.82) is 0 Å². The highest BCUT2D eigenvalue weighted by molar-refractivity contribution is 5.90. The van der Waals surface area contributed by atoms with Crippen molar-refractivity contribution in [3.63, 3.8) is 0 Å². The summed E-state index contributed by atoms with van der Waals surface area (Å²) < 4.78 is 5.24. The van der Waals surface area contributed by atoms with Gasteiger partial charge in [0, 0.05) is 18.3 Å². The highest BCUT2D eigenvalue weighted by Gasteiger charge is 2.30. The Morgan fingerprint density at radius 2 is 2.00 bits per heavy atom. The molecule has 5 heteroatoms. The van der Waals surface area contributed by atoms with Crippen molar-refractivity contribution in [3.05, 3.63) is 18.2 Å². The van der Waals surface area contributed by atoms with Gasteiger partial charge in [0.05, 0.1) is 12.8 Å². The zero-order valence-electron chi connectivity index (χ0n) is 11.4. The smallest absolute Gasteiger partial charge is 0.412 e. The molecular formula is C13H20N2O3. The molecule has 2 N–H and O–H groups in total. The van der Waals surface area contributed by atoms with Crippen molar-refractivity contribution in [2.24, 2.45) is 0 Å². The number of carbonyl (C=O) groups is 1. The summed E-state index contributed by atoms with van der Waals surface area (Å²) >= 11 is 0. The molecule has 0 radical (unpaired) electrons. The Kier molecular flexibility index (Phi) is 4.06. The van der Waals surface area contributed by atoms with Gasteiger partial charge in [-0.15, -0.1) is 0 Å². The number of benzene rings is 1. The Hall–Kier alpha value is -1.91. The fraction of sp³-hybridized carbons (Fsp3) is 0.462. The van der Waals surface area contributed by atoms with E-state index in [4.69, 9.17) is 4.74 Å². The molecule has 0 unspecified atom stereocenters. The van der Waals surface area contributed by atoms with Crippen molar-refractivity contribution in [3.8, 4) is 5.75 Å². The van der Waals surface area contributed by atoms with Gasteiger partial charge in [-0.25, -0.2) is 4.79 Å². The van der Waals surface area contributed by atoms with Gasteiger partial charge < -0.3 is 15.2 Å². The Labute approximate surface area is 107 Å². The minimum absolute atomic E-state index is 0.532. The maximum atomic E-state index is 11.5. The van der Waals surface area contributed by atoms with Gasteiger partial charge in [0.25, 0.3) is 0 Å². The number of amides is 1. The maximum Gasteiger partial charge on any atom is 0.412 e. The van der Waals surface area contributed by atoms with Gasteiger partial charge in [-0.05, 0) is 39.0 Å². The summed E-state index contributed by atoms with van der Waals surface area (Å²) in [5, 5.41) is 12.4. The number of carboxylic acid groups (broad SMARTS) is 1. The molecule has 0 aromatic heterocycles. The van der Waals surface area contributed by atoms with E-state index < -0.39 is 11.6 Å². The first-order valence-corrected chi connectivity index (χ1v) is 5.70. The van der Waals surface area contributed by atoms with Crippen LogP contribution in [0.1, 0.15) is 20.8 Å². The van der Waals surface area contributed by atoms with E-state index >= 15 is 0 Å². The standard InChI is InChI=1S/C13H20N2O3/c1-13(2,3)15(12(16)17)10-8-9(14-4)6-7-11(10)18-5/h6-8,14H,1-5H3,(H,16,17). The van der Waals surface area contributed by atoms with Gasteiger partial charge in [0.2, 0.25) is 0 Å². The number of anilines is 2. The van der Waals surface area contributed by atoms with Gasteiger partial charge in [0.1, 0.15) is 5.75 Å². The van der Waals surface area contributed by atoms with E-state index in [1.807, 2.05) is 26.8 Å². The van der Waals surface area contributed by atoms with Gasteiger partial charge in [0.15, 0.2) is 0 Å². The van der Waals surface area contributed by atoms with Crippen LogP contribution in [-0.2, 0) is 0 Å². The Balaban J connectivity index is 3.38. The van der Waals surface area contributed by atoms with E-state index in [0.717, 1.165) is 5.69 Å². The lowest BCUT2D eigenvalue weighted by Crippen LogP contribution is -2.45. The van der Waals surface area contributed by atoms with Crippen LogP contribution in [0.25, 0.3) is 0 Å². The third-order valence-electron chi connectivity index (χ3n) is 2.57. The molecule has 5 nitrogen and oxygen atoms in total. The molecule has 0 bridgehead atoms. The van der Waals surface area contributed by atoms with E-state index in [0.29, 0.717) is 11.4 Å². The molecule has 100 valence electrons. The molecule has 0 fully saturated rings. The van der Waals surface area contributed by atoms with Gasteiger partial charge >= 0.3 is 6.09 Å². The summed E-state index contributed by atoms with van der Waals surface area (Å²) in [6.45, 7) is 5.52. The summed E-state index contributed by atoms with van der Waals surface area (Å²) in [6.07, 6.45) is -1.01. The van der Waals surface area contributed by atoms with E-state index in [-0.39, 0.29) is 0 Å². The topological polar surface area (TPSA) is 61.8 Å². The largest absolute Gasteiger partial charge is 0.495 e. The van der Waals surface area contributed by atoms with Crippen LogP contribution in [0.3, 0.4) is 0 Å². The molecule has 0 aliphatic carbocycles. The molecule has 0 heterocycles. The second-order valence-corrected chi connectivity index (χ2v) is 4.93. The fourth-order valence-corrected chi connectivity index (χ4v) is 1.77. The summed E-state index contributed by atoms with van der Waals surface area (Å²) in [4.78, 5) is 12.8. The van der Waals surface area contributed by atoms with Crippen molar-refractivity contribution < 1.29 is 14.6 Å². The average molecular weight is 252 g/mol.